The van der Waals surface area contributed by atoms with E-state index in [0.29, 0.717) is 22.6 Å². The summed E-state index contributed by atoms with van der Waals surface area (Å²) in [7, 11) is 0. The van der Waals surface area contributed by atoms with E-state index in [1.165, 1.54) is 6.07 Å². The lowest BCUT2D eigenvalue weighted by Crippen LogP contribution is -2.14. The second kappa shape index (κ2) is 6.65. The molecule has 3 aromatic rings. The largest absolute Gasteiger partial charge is 0.475 e. The number of carbonyl (C=O) groups excluding carboxylic acids is 1. The lowest BCUT2D eigenvalue weighted by atomic mass is 10.1. The van der Waals surface area contributed by atoms with Gasteiger partial charge in [-0.05, 0) is 55.3 Å². The maximum absolute atomic E-state index is 12.6. The number of carboxylic acid groups (broad SMARTS) is 1. The van der Waals surface area contributed by atoms with E-state index >= 15 is 0 Å². The third-order valence-corrected chi connectivity index (χ3v) is 3.90. The van der Waals surface area contributed by atoms with Gasteiger partial charge in [-0.15, -0.1) is 0 Å². The first-order valence-corrected chi connectivity index (χ1v) is 7.77. The number of hydrogen-bond acceptors (Lipinski definition) is 3. The van der Waals surface area contributed by atoms with Gasteiger partial charge in [0.05, 0.1) is 5.69 Å². The number of aromatic carboxylic acids is 1. The van der Waals surface area contributed by atoms with Crippen molar-refractivity contribution in [3.8, 4) is 11.3 Å². The smallest absolute Gasteiger partial charge is 0.371 e. The van der Waals surface area contributed by atoms with Crippen molar-refractivity contribution in [1.82, 2.24) is 0 Å². The standard InChI is InChI=1S/C20H17NO4/c1-12-7-8-15(17-9-10-18(25-17)20(23)24)16(11-12)21-19(22)14-6-4-3-5-13(14)2/h3-11H,1-2H3,(H,21,22)(H,23,24). The molecule has 126 valence electrons. The van der Waals surface area contributed by atoms with Crippen LogP contribution in [0.3, 0.4) is 0 Å². The zero-order valence-corrected chi connectivity index (χ0v) is 13.9. The number of carbonyl (C=O) groups is 2. The molecule has 25 heavy (non-hydrogen) atoms. The fourth-order valence-electron chi connectivity index (χ4n) is 2.59. The summed E-state index contributed by atoms with van der Waals surface area (Å²) in [6.07, 6.45) is 0. The van der Waals surface area contributed by atoms with E-state index in [9.17, 15) is 9.59 Å². The van der Waals surface area contributed by atoms with Crippen molar-refractivity contribution in [2.75, 3.05) is 5.32 Å². The van der Waals surface area contributed by atoms with Gasteiger partial charge in [-0.25, -0.2) is 4.79 Å². The summed E-state index contributed by atoms with van der Waals surface area (Å²) < 4.78 is 5.37. The number of aryl methyl sites for hydroxylation is 2. The van der Waals surface area contributed by atoms with Crippen LogP contribution in [0.15, 0.2) is 59.0 Å². The number of anilines is 1. The molecular weight excluding hydrogens is 318 g/mol. The monoisotopic (exact) mass is 335 g/mol. The number of rotatable bonds is 4. The molecule has 2 N–H and O–H groups in total. The van der Waals surface area contributed by atoms with Crippen LogP contribution >= 0.6 is 0 Å². The molecule has 5 heteroatoms. The summed E-state index contributed by atoms with van der Waals surface area (Å²) in [6.45, 7) is 3.79. The summed E-state index contributed by atoms with van der Waals surface area (Å²) in [4.78, 5) is 23.6. The fraction of sp³-hybridized carbons (Fsp3) is 0.100. The Morgan fingerprint density at radius 2 is 1.76 bits per heavy atom. The molecule has 0 aliphatic carbocycles. The fourth-order valence-corrected chi connectivity index (χ4v) is 2.59. The van der Waals surface area contributed by atoms with Gasteiger partial charge in [0.15, 0.2) is 0 Å². The molecule has 1 aromatic heterocycles. The van der Waals surface area contributed by atoms with Gasteiger partial charge in [0.25, 0.3) is 5.91 Å². The third kappa shape index (κ3) is 3.45. The van der Waals surface area contributed by atoms with Crippen molar-refractivity contribution in [2.45, 2.75) is 13.8 Å². The molecule has 3 rings (SSSR count). The number of amides is 1. The third-order valence-electron chi connectivity index (χ3n) is 3.90. The molecule has 0 saturated heterocycles. The highest BCUT2D eigenvalue weighted by molar-refractivity contribution is 6.07. The number of benzene rings is 2. The van der Waals surface area contributed by atoms with Crippen molar-refractivity contribution in [3.63, 3.8) is 0 Å². The van der Waals surface area contributed by atoms with Gasteiger partial charge in [0.1, 0.15) is 5.76 Å². The van der Waals surface area contributed by atoms with E-state index in [4.69, 9.17) is 9.52 Å². The Balaban J connectivity index is 1.98. The molecule has 0 spiro atoms. The predicted octanol–water partition coefficient (Wildman–Crippen LogP) is 4.51. The van der Waals surface area contributed by atoms with Crippen LogP contribution in [0.1, 0.15) is 32.0 Å². The van der Waals surface area contributed by atoms with Crippen molar-refractivity contribution in [1.29, 1.82) is 0 Å². The van der Waals surface area contributed by atoms with E-state index in [1.807, 2.05) is 44.2 Å². The zero-order valence-electron chi connectivity index (χ0n) is 13.9. The van der Waals surface area contributed by atoms with Crippen LogP contribution in [0.4, 0.5) is 5.69 Å². The van der Waals surface area contributed by atoms with Crippen LogP contribution in [0.2, 0.25) is 0 Å². The van der Waals surface area contributed by atoms with Gasteiger partial charge in [0.2, 0.25) is 5.76 Å². The average Bonchev–Trinajstić information content (AvgIpc) is 3.05. The topological polar surface area (TPSA) is 79.5 Å². The second-order valence-electron chi connectivity index (χ2n) is 5.79. The van der Waals surface area contributed by atoms with Crippen molar-refractivity contribution in [2.24, 2.45) is 0 Å². The molecule has 1 heterocycles. The van der Waals surface area contributed by atoms with Crippen molar-refractivity contribution < 1.29 is 19.1 Å². The summed E-state index contributed by atoms with van der Waals surface area (Å²) in [5.74, 6) is -1.12. The molecule has 2 aromatic carbocycles. The molecule has 0 aliphatic rings. The zero-order chi connectivity index (χ0) is 18.0. The Hall–Kier alpha value is -3.34. The van der Waals surface area contributed by atoms with Crippen LogP contribution in [-0.2, 0) is 0 Å². The van der Waals surface area contributed by atoms with E-state index in [2.05, 4.69) is 5.32 Å². The minimum absolute atomic E-state index is 0.147. The quantitative estimate of drug-likeness (QED) is 0.735. The predicted molar refractivity (Wildman–Crippen MR) is 95.0 cm³/mol. The molecular formula is C20H17NO4. The van der Waals surface area contributed by atoms with Crippen LogP contribution in [-0.4, -0.2) is 17.0 Å². The highest BCUT2D eigenvalue weighted by Crippen LogP contribution is 2.31. The summed E-state index contributed by atoms with van der Waals surface area (Å²) in [5, 5.41) is 11.9. The SMILES string of the molecule is Cc1ccc(-c2ccc(C(=O)O)o2)c(NC(=O)c2ccccc2C)c1. The number of nitrogens with one attached hydrogen (secondary N) is 1. The van der Waals surface area contributed by atoms with Gasteiger partial charge in [-0.1, -0.05) is 24.3 Å². The van der Waals surface area contributed by atoms with Gasteiger partial charge in [-0.3, -0.25) is 4.79 Å². The molecule has 0 saturated carbocycles. The maximum atomic E-state index is 12.6. The molecule has 0 atom stereocenters. The summed E-state index contributed by atoms with van der Waals surface area (Å²) in [6, 6.07) is 15.8. The molecule has 0 aliphatic heterocycles. The lowest BCUT2D eigenvalue weighted by Gasteiger charge is -2.12. The first-order valence-electron chi connectivity index (χ1n) is 7.77. The Kier molecular flexibility index (Phi) is 4.39. The van der Waals surface area contributed by atoms with Crippen LogP contribution < -0.4 is 5.32 Å². The van der Waals surface area contributed by atoms with E-state index in [0.717, 1.165) is 11.1 Å². The van der Waals surface area contributed by atoms with Crippen molar-refractivity contribution >= 4 is 17.6 Å². The summed E-state index contributed by atoms with van der Waals surface area (Å²) in [5.41, 5.74) is 3.62. The first-order chi connectivity index (χ1) is 12.0. The molecule has 5 nitrogen and oxygen atoms in total. The van der Waals surface area contributed by atoms with Crippen LogP contribution in [0.5, 0.6) is 0 Å². The van der Waals surface area contributed by atoms with Crippen LogP contribution in [0, 0.1) is 13.8 Å². The molecule has 0 radical (unpaired) electrons. The minimum Gasteiger partial charge on any atom is -0.475 e. The Morgan fingerprint density at radius 3 is 2.44 bits per heavy atom. The van der Waals surface area contributed by atoms with Crippen LogP contribution in [0.25, 0.3) is 11.3 Å². The average molecular weight is 335 g/mol. The number of hydrogen-bond donors (Lipinski definition) is 2. The van der Waals surface area contributed by atoms with Gasteiger partial charge in [0, 0.05) is 11.1 Å². The highest BCUT2D eigenvalue weighted by atomic mass is 16.4. The summed E-state index contributed by atoms with van der Waals surface area (Å²) >= 11 is 0. The molecule has 0 bridgehead atoms. The highest BCUT2D eigenvalue weighted by Gasteiger charge is 2.16. The van der Waals surface area contributed by atoms with E-state index in [-0.39, 0.29) is 11.7 Å². The Bertz CT molecular complexity index is 956. The van der Waals surface area contributed by atoms with E-state index < -0.39 is 5.97 Å². The van der Waals surface area contributed by atoms with E-state index in [1.54, 1.807) is 18.2 Å². The maximum Gasteiger partial charge on any atom is 0.371 e. The van der Waals surface area contributed by atoms with Gasteiger partial charge < -0.3 is 14.8 Å². The van der Waals surface area contributed by atoms with Gasteiger partial charge in [-0.2, -0.15) is 0 Å². The molecule has 1 amide bonds. The second-order valence-corrected chi connectivity index (χ2v) is 5.79. The Labute approximate surface area is 144 Å². The Morgan fingerprint density at radius 1 is 1.00 bits per heavy atom. The van der Waals surface area contributed by atoms with Crippen molar-refractivity contribution in [3.05, 3.63) is 77.0 Å². The minimum atomic E-state index is -1.14. The molecule has 0 unspecified atom stereocenters. The lowest BCUT2D eigenvalue weighted by molar-refractivity contribution is 0.0663. The normalized spacial score (nSPS) is 10.5. The number of furan rings is 1. The first kappa shape index (κ1) is 16.5. The number of carboxylic acids is 1. The molecule has 0 fully saturated rings. The van der Waals surface area contributed by atoms with Gasteiger partial charge >= 0.3 is 5.97 Å².